The molecule has 66 heavy (non-hydrogen) atoms. The molecule has 1 aromatic heterocycles. The molecule has 5 atom stereocenters. The van der Waals surface area contributed by atoms with Gasteiger partial charge in [-0.3, -0.25) is 19.1 Å². The summed E-state index contributed by atoms with van der Waals surface area (Å²) in [6, 6.07) is 27.3. The number of nitriles is 1. The Morgan fingerprint density at radius 1 is 0.894 bits per heavy atom. The summed E-state index contributed by atoms with van der Waals surface area (Å²) in [5, 5.41) is 9.27. The number of hydrogen-bond acceptors (Lipinski definition) is 13. The molecule has 2 heterocycles. The van der Waals surface area contributed by atoms with Crippen LogP contribution in [0.1, 0.15) is 90.2 Å². The van der Waals surface area contributed by atoms with Crippen LogP contribution in [0.2, 0.25) is 18.1 Å². The average molecular weight is 947 g/mol. The first kappa shape index (κ1) is 52.3. The van der Waals surface area contributed by atoms with E-state index in [-0.39, 0.29) is 48.9 Å². The number of H-pyrrole nitrogens is 1. The lowest BCUT2D eigenvalue weighted by atomic mass is 9.80. The normalized spacial score (nSPS) is 18.4. The van der Waals surface area contributed by atoms with Gasteiger partial charge in [0, 0.05) is 18.3 Å². The smallest absolute Gasteiger partial charge is 0.328 e. The number of nitrogens with zero attached hydrogens (tertiary/aromatic N) is 3. The van der Waals surface area contributed by atoms with Gasteiger partial charge >= 0.3 is 11.7 Å². The molecule has 358 valence electrons. The summed E-state index contributed by atoms with van der Waals surface area (Å²) >= 11 is 0. The number of esters is 1. The molecule has 0 aliphatic carbocycles. The maximum Gasteiger partial charge on any atom is 0.328 e. The molecule has 1 aliphatic rings. The van der Waals surface area contributed by atoms with Gasteiger partial charge in [0.15, 0.2) is 8.32 Å². The van der Waals surface area contributed by atoms with Crippen LogP contribution in [0.4, 0.5) is 0 Å². The minimum Gasteiger partial charge on any atom is -0.497 e. The highest BCUT2D eigenvalue weighted by molar-refractivity contribution is 7.44. The van der Waals surface area contributed by atoms with E-state index in [0.717, 1.165) is 21.3 Å². The van der Waals surface area contributed by atoms with Gasteiger partial charge in [-0.15, -0.1) is 0 Å². The molecule has 1 unspecified atom stereocenters. The van der Waals surface area contributed by atoms with Crippen LogP contribution in [0.5, 0.6) is 11.5 Å². The van der Waals surface area contributed by atoms with Crippen LogP contribution in [0.3, 0.4) is 0 Å². The van der Waals surface area contributed by atoms with E-state index in [2.05, 4.69) is 77.3 Å². The molecule has 17 heteroatoms. The topological polar surface area (TPSA) is 173 Å². The summed E-state index contributed by atoms with van der Waals surface area (Å²) in [5.41, 5.74) is -0.304. The zero-order valence-corrected chi connectivity index (χ0v) is 42.3. The Kier molecular flexibility index (Phi) is 18.1. The first-order valence-corrected chi connectivity index (χ1v) is 26.4. The molecule has 0 saturated carbocycles. The summed E-state index contributed by atoms with van der Waals surface area (Å²) in [7, 11) is -1.43. The van der Waals surface area contributed by atoms with E-state index >= 15 is 0 Å². The SMILES string of the molecule is CCOC(=O)Cn1cc([C@@H]2O[C@H](COC(c3ccccc3)(c3ccc(OC)cc3)c3ccc(OC)cc3)[C@@H](OP(OCCC#N)N(C(C)C)C(C)C)[C@H]2O[Si](C)(C)C(C)(C)C)c(=O)[nH]c1=O. The second-order valence-electron chi connectivity index (χ2n) is 18.1. The Labute approximate surface area is 391 Å². The number of ether oxygens (including phenoxy) is 5. The highest BCUT2D eigenvalue weighted by atomic mass is 31.2. The minimum absolute atomic E-state index is 0.0454. The Hall–Kier alpha value is -4.69. The summed E-state index contributed by atoms with van der Waals surface area (Å²) in [6.45, 7) is 20.1. The predicted octanol–water partition coefficient (Wildman–Crippen LogP) is 8.62. The van der Waals surface area contributed by atoms with Crippen LogP contribution < -0.4 is 20.7 Å². The largest absolute Gasteiger partial charge is 0.497 e. The third-order valence-electron chi connectivity index (χ3n) is 12.0. The van der Waals surface area contributed by atoms with E-state index in [4.69, 9.17) is 37.2 Å². The van der Waals surface area contributed by atoms with Crippen molar-refractivity contribution in [2.75, 3.05) is 34.0 Å². The van der Waals surface area contributed by atoms with Gasteiger partial charge in [-0.1, -0.05) is 75.4 Å². The number of rotatable bonds is 22. The van der Waals surface area contributed by atoms with Crippen LogP contribution in [0.25, 0.3) is 0 Å². The van der Waals surface area contributed by atoms with Gasteiger partial charge in [0.2, 0.25) is 0 Å². The third kappa shape index (κ3) is 12.1. The highest BCUT2D eigenvalue weighted by Gasteiger charge is 2.54. The number of methoxy groups -OCH3 is 2. The van der Waals surface area contributed by atoms with Crippen LogP contribution in [0.15, 0.2) is 94.6 Å². The zero-order valence-electron chi connectivity index (χ0n) is 40.4. The summed E-state index contributed by atoms with van der Waals surface area (Å²) < 4.78 is 55.2. The Morgan fingerprint density at radius 2 is 1.45 bits per heavy atom. The Bertz CT molecular complexity index is 2290. The number of carbonyl (C=O) groups excluding carboxylic acids is 1. The second-order valence-corrected chi connectivity index (χ2v) is 24.3. The van der Waals surface area contributed by atoms with Crippen molar-refractivity contribution in [2.45, 2.75) is 129 Å². The van der Waals surface area contributed by atoms with Gasteiger partial charge in [0.05, 0.1) is 52.1 Å². The van der Waals surface area contributed by atoms with Crippen LogP contribution in [-0.2, 0) is 44.6 Å². The number of hydrogen-bond donors (Lipinski definition) is 1. The molecule has 5 rings (SSSR count). The third-order valence-corrected chi connectivity index (χ3v) is 18.6. The zero-order chi connectivity index (χ0) is 48.4. The predicted molar refractivity (Wildman–Crippen MR) is 256 cm³/mol. The van der Waals surface area contributed by atoms with Crippen molar-refractivity contribution in [1.29, 1.82) is 5.26 Å². The summed E-state index contributed by atoms with van der Waals surface area (Å²) in [4.78, 5) is 42.5. The van der Waals surface area contributed by atoms with Gasteiger partial charge in [-0.2, -0.15) is 5.26 Å². The number of aromatic amines is 1. The second kappa shape index (κ2) is 22.9. The number of nitrogens with one attached hydrogen (secondary N) is 1. The van der Waals surface area contributed by atoms with Crippen molar-refractivity contribution < 1.29 is 42.0 Å². The van der Waals surface area contributed by atoms with E-state index < -0.39 is 70.6 Å². The molecule has 3 aromatic carbocycles. The summed E-state index contributed by atoms with van der Waals surface area (Å²) in [5.74, 6) is 0.676. The molecule has 4 aromatic rings. The van der Waals surface area contributed by atoms with Gasteiger partial charge in [-0.25, -0.2) is 9.46 Å². The number of benzene rings is 3. The molecule has 0 spiro atoms. The molecule has 1 fully saturated rings. The molecular weight excluding hydrogens is 880 g/mol. The molecule has 1 aliphatic heterocycles. The maximum atomic E-state index is 14.1. The molecule has 15 nitrogen and oxygen atoms in total. The monoisotopic (exact) mass is 946 g/mol. The standard InChI is InChI=1S/C49H67N4O11PSi/c1-13-59-42(54)31-52-30-40(46(55)51-47(52)56)43-45(64-66(11,12)48(6,7)8)44(63-65(61-29-17-28-50)53(33(2)3)34(4)5)41(62-43)32-60-49(35-18-15-14-16-19-35,36-20-24-38(57-9)25-21-36)37-22-26-39(58-10)27-23-37/h14-16,18-27,30,33-34,41,43-45H,13,17,29,31-32H2,1-12H3,(H,51,55,56)/t41-,43+,44-,45+,65?/m1/s1. The van der Waals surface area contributed by atoms with E-state index in [1.807, 2.05) is 78.9 Å². The highest BCUT2D eigenvalue weighted by Crippen LogP contribution is 2.53. The minimum atomic E-state index is -2.75. The van der Waals surface area contributed by atoms with Crippen LogP contribution >= 0.6 is 8.53 Å². The molecule has 0 bridgehead atoms. The fourth-order valence-corrected chi connectivity index (χ4v) is 10.8. The van der Waals surface area contributed by atoms with Gasteiger partial charge in [0.1, 0.15) is 48.1 Å². The fraction of sp³-hybridized carbons (Fsp3) is 0.510. The Morgan fingerprint density at radius 3 is 1.95 bits per heavy atom. The van der Waals surface area contributed by atoms with Crippen molar-refractivity contribution >= 4 is 22.8 Å². The van der Waals surface area contributed by atoms with Gasteiger partial charge in [-0.05, 0) is 93.7 Å². The molecule has 0 radical (unpaired) electrons. The van der Waals surface area contributed by atoms with Crippen molar-refractivity contribution in [3.63, 3.8) is 0 Å². The molecule has 1 saturated heterocycles. The van der Waals surface area contributed by atoms with Gasteiger partial charge in [0.25, 0.3) is 14.1 Å². The van der Waals surface area contributed by atoms with E-state index in [9.17, 15) is 19.6 Å². The molecular formula is C49H67N4O11PSi. The summed E-state index contributed by atoms with van der Waals surface area (Å²) in [6.07, 6.45) is -2.52. The van der Waals surface area contributed by atoms with Crippen LogP contribution in [-0.4, -0.2) is 92.9 Å². The van der Waals surface area contributed by atoms with Crippen LogP contribution in [0, 0.1) is 11.3 Å². The molecule has 0 amide bonds. The van der Waals surface area contributed by atoms with Crippen molar-refractivity contribution in [1.82, 2.24) is 14.2 Å². The van der Waals surface area contributed by atoms with E-state index in [1.165, 1.54) is 6.20 Å². The maximum absolute atomic E-state index is 14.1. The lowest BCUT2D eigenvalue weighted by molar-refractivity contribution is -0.143. The van der Waals surface area contributed by atoms with Crippen molar-refractivity contribution in [2.24, 2.45) is 0 Å². The van der Waals surface area contributed by atoms with E-state index in [1.54, 1.807) is 21.1 Å². The van der Waals surface area contributed by atoms with Crippen molar-refractivity contribution in [3.8, 4) is 17.6 Å². The fourth-order valence-electron chi connectivity index (χ4n) is 7.76. The van der Waals surface area contributed by atoms with Crippen molar-refractivity contribution in [3.05, 3.63) is 128 Å². The lowest BCUT2D eigenvalue weighted by Gasteiger charge is -2.42. The first-order chi connectivity index (χ1) is 31.3. The van der Waals surface area contributed by atoms with E-state index in [0.29, 0.717) is 11.5 Å². The number of aromatic nitrogens is 2. The van der Waals surface area contributed by atoms with Gasteiger partial charge < -0.3 is 37.2 Å². The Balaban J connectivity index is 1.77. The lowest BCUT2D eigenvalue weighted by Crippen LogP contribution is -2.50. The first-order valence-electron chi connectivity index (χ1n) is 22.4. The molecule has 1 N–H and O–H groups in total. The quantitative estimate of drug-likeness (QED) is 0.0261. The average Bonchev–Trinajstić information content (AvgIpc) is 3.59. The number of carbonyl (C=O) groups is 1.